The molecule has 0 aliphatic carbocycles. The number of carbonyl (C=O) groups is 2. The molecule has 0 unspecified atom stereocenters. The first kappa shape index (κ1) is 14.2. The van der Waals surface area contributed by atoms with Gasteiger partial charge in [0.1, 0.15) is 0 Å². The average molecular weight is 249 g/mol. The molecule has 4 heteroatoms. The van der Waals surface area contributed by atoms with E-state index in [0.29, 0.717) is 17.9 Å². The van der Waals surface area contributed by atoms with Gasteiger partial charge in [-0.3, -0.25) is 4.79 Å². The van der Waals surface area contributed by atoms with E-state index in [1.807, 2.05) is 20.8 Å². The zero-order valence-corrected chi connectivity index (χ0v) is 11.0. The maximum Gasteiger partial charge on any atom is 0.338 e. The summed E-state index contributed by atoms with van der Waals surface area (Å²) in [4.78, 5) is 23.2. The first-order valence-corrected chi connectivity index (χ1v) is 6.12. The number of anilines is 1. The van der Waals surface area contributed by atoms with E-state index in [2.05, 4.69) is 5.32 Å². The first-order chi connectivity index (χ1) is 8.54. The van der Waals surface area contributed by atoms with Crippen molar-refractivity contribution in [3.05, 3.63) is 29.8 Å². The lowest BCUT2D eigenvalue weighted by Crippen LogP contribution is -2.18. The molecule has 0 fully saturated rings. The quantitative estimate of drug-likeness (QED) is 0.816. The molecule has 0 spiro atoms. The van der Waals surface area contributed by atoms with Gasteiger partial charge in [-0.1, -0.05) is 26.8 Å². The van der Waals surface area contributed by atoms with Crippen molar-refractivity contribution in [2.75, 3.05) is 11.9 Å². The van der Waals surface area contributed by atoms with Crippen molar-refractivity contribution < 1.29 is 14.3 Å². The lowest BCUT2D eigenvalue weighted by molar-refractivity contribution is -0.118. The van der Waals surface area contributed by atoms with Crippen molar-refractivity contribution in [3.8, 4) is 0 Å². The molecule has 0 aromatic heterocycles. The number of benzene rings is 1. The summed E-state index contributed by atoms with van der Waals surface area (Å²) >= 11 is 0. The zero-order valence-electron chi connectivity index (χ0n) is 11.0. The summed E-state index contributed by atoms with van der Waals surface area (Å²) in [7, 11) is 0. The van der Waals surface area contributed by atoms with Crippen LogP contribution in [0.5, 0.6) is 0 Å². The van der Waals surface area contributed by atoms with Gasteiger partial charge >= 0.3 is 5.97 Å². The number of carbonyl (C=O) groups excluding carboxylic acids is 2. The van der Waals surface area contributed by atoms with E-state index in [1.165, 1.54) is 0 Å². The topological polar surface area (TPSA) is 55.4 Å². The van der Waals surface area contributed by atoms with E-state index in [1.54, 1.807) is 24.3 Å². The third kappa shape index (κ3) is 4.20. The Hall–Kier alpha value is -1.84. The molecule has 0 saturated heterocycles. The molecule has 0 heterocycles. The van der Waals surface area contributed by atoms with Crippen molar-refractivity contribution in [1.82, 2.24) is 0 Å². The van der Waals surface area contributed by atoms with Gasteiger partial charge in [0.2, 0.25) is 5.91 Å². The molecule has 0 atom stereocenters. The van der Waals surface area contributed by atoms with Crippen LogP contribution in [0.15, 0.2) is 24.3 Å². The molecule has 1 amide bonds. The lowest BCUT2D eigenvalue weighted by Gasteiger charge is -2.09. The summed E-state index contributed by atoms with van der Waals surface area (Å²) in [5, 5.41) is 2.75. The summed E-state index contributed by atoms with van der Waals surface area (Å²) in [5.74, 6) is -0.535. The molecule has 0 radical (unpaired) electrons. The zero-order chi connectivity index (χ0) is 13.5. The Kier molecular flexibility index (Phi) is 5.36. The molecule has 98 valence electrons. The van der Waals surface area contributed by atoms with Gasteiger partial charge in [-0.25, -0.2) is 4.79 Å². The van der Waals surface area contributed by atoms with Gasteiger partial charge < -0.3 is 10.1 Å². The molecule has 0 aliphatic rings. The summed E-state index contributed by atoms with van der Waals surface area (Å²) in [6.45, 7) is 5.97. The van der Waals surface area contributed by atoms with Crippen molar-refractivity contribution in [2.24, 2.45) is 5.92 Å². The van der Waals surface area contributed by atoms with Crippen LogP contribution >= 0.6 is 0 Å². The summed E-state index contributed by atoms with van der Waals surface area (Å²) in [6.07, 6.45) is 0.787. The van der Waals surface area contributed by atoms with Crippen LogP contribution in [0.25, 0.3) is 0 Å². The highest BCUT2D eigenvalue weighted by Crippen LogP contribution is 2.13. The SMILES string of the molecule is CCCOC(=O)c1cccc(NC(=O)C(C)C)c1. The molecule has 0 aliphatic heterocycles. The van der Waals surface area contributed by atoms with E-state index in [0.717, 1.165) is 6.42 Å². The minimum atomic E-state index is -0.363. The third-order valence-corrected chi connectivity index (χ3v) is 2.33. The van der Waals surface area contributed by atoms with Crippen LogP contribution in [0.2, 0.25) is 0 Å². The Morgan fingerprint density at radius 2 is 2.06 bits per heavy atom. The molecular weight excluding hydrogens is 230 g/mol. The fourth-order valence-electron chi connectivity index (χ4n) is 1.29. The van der Waals surface area contributed by atoms with Gasteiger partial charge in [0.25, 0.3) is 0 Å². The Morgan fingerprint density at radius 3 is 2.67 bits per heavy atom. The van der Waals surface area contributed by atoms with Gasteiger partial charge in [-0.15, -0.1) is 0 Å². The largest absolute Gasteiger partial charge is 0.462 e. The number of amides is 1. The molecule has 1 aromatic carbocycles. The maximum atomic E-state index is 11.6. The monoisotopic (exact) mass is 249 g/mol. The van der Waals surface area contributed by atoms with Gasteiger partial charge in [-0.05, 0) is 24.6 Å². The second-order valence-electron chi connectivity index (χ2n) is 4.36. The first-order valence-electron chi connectivity index (χ1n) is 6.12. The van der Waals surface area contributed by atoms with Crippen LogP contribution < -0.4 is 5.32 Å². The molecule has 1 N–H and O–H groups in total. The Balaban J connectivity index is 2.73. The van der Waals surface area contributed by atoms with Crippen molar-refractivity contribution in [3.63, 3.8) is 0 Å². The summed E-state index contributed by atoms with van der Waals surface area (Å²) in [5.41, 5.74) is 1.06. The minimum Gasteiger partial charge on any atom is -0.462 e. The number of ether oxygens (including phenoxy) is 1. The average Bonchev–Trinajstić information content (AvgIpc) is 2.36. The van der Waals surface area contributed by atoms with Crippen molar-refractivity contribution in [2.45, 2.75) is 27.2 Å². The Morgan fingerprint density at radius 1 is 1.33 bits per heavy atom. The van der Waals surface area contributed by atoms with Crippen LogP contribution in [0, 0.1) is 5.92 Å². The standard InChI is InChI=1S/C14H19NO3/c1-4-8-18-14(17)11-6-5-7-12(9-11)15-13(16)10(2)3/h5-7,9-10H,4,8H2,1-3H3,(H,15,16). The predicted molar refractivity (Wildman–Crippen MR) is 70.5 cm³/mol. The second-order valence-corrected chi connectivity index (χ2v) is 4.36. The van der Waals surface area contributed by atoms with Gasteiger partial charge in [0.15, 0.2) is 0 Å². The predicted octanol–water partition coefficient (Wildman–Crippen LogP) is 2.85. The van der Waals surface area contributed by atoms with Gasteiger partial charge in [-0.2, -0.15) is 0 Å². The molecular formula is C14H19NO3. The van der Waals surface area contributed by atoms with Crippen LogP contribution in [0.1, 0.15) is 37.6 Å². The Labute approximate surface area is 107 Å². The number of hydrogen-bond donors (Lipinski definition) is 1. The van der Waals surface area contributed by atoms with Crippen LogP contribution in [0.4, 0.5) is 5.69 Å². The van der Waals surface area contributed by atoms with E-state index in [9.17, 15) is 9.59 Å². The van der Waals surface area contributed by atoms with Crippen LogP contribution in [0.3, 0.4) is 0 Å². The van der Waals surface area contributed by atoms with Crippen LogP contribution in [-0.2, 0) is 9.53 Å². The highest BCUT2D eigenvalue weighted by molar-refractivity contribution is 5.95. The van der Waals surface area contributed by atoms with Crippen molar-refractivity contribution in [1.29, 1.82) is 0 Å². The molecule has 18 heavy (non-hydrogen) atoms. The number of nitrogens with one attached hydrogen (secondary N) is 1. The molecule has 1 aromatic rings. The van der Waals surface area contributed by atoms with E-state index >= 15 is 0 Å². The molecule has 0 bridgehead atoms. The number of esters is 1. The van der Waals surface area contributed by atoms with Crippen molar-refractivity contribution >= 4 is 17.6 Å². The lowest BCUT2D eigenvalue weighted by atomic mass is 10.1. The fraction of sp³-hybridized carbons (Fsp3) is 0.429. The number of rotatable bonds is 5. The smallest absolute Gasteiger partial charge is 0.338 e. The number of hydrogen-bond acceptors (Lipinski definition) is 3. The highest BCUT2D eigenvalue weighted by atomic mass is 16.5. The normalized spacial score (nSPS) is 10.2. The fourth-order valence-corrected chi connectivity index (χ4v) is 1.29. The Bertz CT molecular complexity index is 427. The minimum absolute atomic E-state index is 0.0749. The molecule has 1 rings (SSSR count). The van der Waals surface area contributed by atoms with E-state index in [4.69, 9.17) is 4.74 Å². The third-order valence-electron chi connectivity index (χ3n) is 2.33. The van der Waals surface area contributed by atoms with E-state index < -0.39 is 0 Å². The maximum absolute atomic E-state index is 11.6. The summed E-state index contributed by atoms with van der Waals surface area (Å²) < 4.78 is 5.03. The van der Waals surface area contributed by atoms with E-state index in [-0.39, 0.29) is 17.8 Å². The molecule has 4 nitrogen and oxygen atoms in total. The highest BCUT2D eigenvalue weighted by Gasteiger charge is 2.10. The van der Waals surface area contributed by atoms with Gasteiger partial charge in [0.05, 0.1) is 12.2 Å². The van der Waals surface area contributed by atoms with Gasteiger partial charge in [0, 0.05) is 11.6 Å². The second kappa shape index (κ2) is 6.79. The summed E-state index contributed by atoms with van der Waals surface area (Å²) in [6, 6.07) is 6.76. The van der Waals surface area contributed by atoms with Crippen LogP contribution in [-0.4, -0.2) is 18.5 Å². The molecule has 0 saturated carbocycles.